The van der Waals surface area contributed by atoms with Crippen LogP contribution in [0.15, 0.2) is 0 Å². The van der Waals surface area contributed by atoms with Gasteiger partial charge in [-0.25, -0.2) is 0 Å². The van der Waals surface area contributed by atoms with E-state index in [4.69, 9.17) is 5.73 Å². The van der Waals surface area contributed by atoms with E-state index in [1.54, 1.807) is 0 Å². The number of carbonyl (C=O) groups is 1. The normalized spacial score (nSPS) is 33.3. The first-order valence-electron chi connectivity index (χ1n) is 7.92. The van der Waals surface area contributed by atoms with Crippen LogP contribution in [0.3, 0.4) is 0 Å². The van der Waals surface area contributed by atoms with E-state index in [1.807, 2.05) is 0 Å². The summed E-state index contributed by atoms with van der Waals surface area (Å²) in [6, 6.07) is 0.253. The van der Waals surface area contributed by atoms with Crippen molar-refractivity contribution in [1.29, 1.82) is 0 Å². The lowest BCUT2D eigenvalue weighted by atomic mass is 9.77. The third kappa shape index (κ3) is 3.71. The van der Waals surface area contributed by atoms with Crippen molar-refractivity contribution in [1.82, 2.24) is 4.90 Å². The first-order valence-corrected chi connectivity index (χ1v) is 7.92. The Morgan fingerprint density at radius 1 is 1.11 bits per heavy atom. The molecular weight excluding hydrogens is 236 g/mol. The van der Waals surface area contributed by atoms with Crippen LogP contribution in [0.25, 0.3) is 0 Å². The summed E-state index contributed by atoms with van der Waals surface area (Å²) in [6.45, 7) is 8.88. The number of hydrogen-bond acceptors (Lipinski definition) is 2. The fourth-order valence-electron chi connectivity index (χ4n) is 3.68. The molecule has 0 radical (unpaired) electrons. The fourth-order valence-corrected chi connectivity index (χ4v) is 3.68. The molecule has 110 valence electrons. The summed E-state index contributed by atoms with van der Waals surface area (Å²) < 4.78 is 0. The largest absolute Gasteiger partial charge is 0.342 e. The lowest BCUT2D eigenvalue weighted by molar-refractivity contribution is -0.135. The predicted octanol–water partition coefficient (Wildman–Crippen LogP) is 2.79. The minimum absolute atomic E-state index is 0.209. The SMILES string of the molecule is CC(C)(C)C1CCCN(C(=O)C2CCC(N)C2)CC1. The molecule has 2 rings (SSSR count). The average Bonchev–Trinajstić information content (AvgIpc) is 2.62. The summed E-state index contributed by atoms with van der Waals surface area (Å²) in [6.07, 6.45) is 6.50. The van der Waals surface area contributed by atoms with Crippen molar-refractivity contribution in [2.45, 2.75) is 65.3 Å². The van der Waals surface area contributed by atoms with E-state index in [-0.39, 0.29) is 12.0 Å². The van der Waals surface area contributed by atoms with Crippen molar-refractivity contribution in [3.63, 3.8) is 0 Å². The van der Waals surface area contributed by atoms with E-state index >= 15 is 0 Å². The Kier molecular flexibility index (Phi) is 4.54. The molecule has 1 heterocycles. The van der Waals surface area contributed by atoms with Crippen molar-refractivity contribution in [3.05, 3.63) is 0 Å². The maximum atomic E-state index is 12.5. The van der Waals surface area contributed by atoms with Crippen LogP contribution >= 0.6 is 0 Å². The Balaban J connectivity index is 1.90. The van der Waals surface area contributed by atoms with Crippen molar-refractivity contribution in [2.24, 2.45) is 23.0 Å². The maximum Gasteiger partial charge on any atom is 0.225 e. The van der Waals surface area contributed by atoms with E-state index in [1.165, 1.54) is 6.42 Å². The molecule has 0 spiro atoms. The summed E-state index contributed by atoms with van der Waals surface area (Å²) in [7, 11) is 0. The van der Waals surface area contributed by atoms with Crippen LogP contribution in [0, 0.1) is 17.3 Å². The monoisotopic (exact) mass is 266 g/mol. The van der Waals surface area contributed by atoms with Crippen molar-refractivity contribution in [3.8, 4) is 0 Å². The van der Waals surface area contributed by atoms with Gasteiger partial charge in [0.15, 0.2) is 0 Å². The zero-order valence-corrected chi connectivity index (χ0v) is 12.8. The zero-order chi connectivity index (χ0) is 14.0. The van der Waals surface area contributed by atoms with Crippen LogP contribution < -0.4 is 5.73 Å². The number of nitrogens with zero attached hydrogens (tertiary/aromatic N) is 1. The van der Waals surface area contributed by atoms with E-state index in [0.717, 1.165) is 51.1 Å². The second-order valence-electron chi connectivity index (χ2n) is 7.59. The lowest BCUT2D eigenvalue weighted by Crippen LogP contribution is -2.37. The molecule has 0 aromatic carbocycles. The van der Waals surface area contributed by atoms with E-state index in [9.17, 15) is 4.79 Å². The topological polar surface area (TPSA) is 46.3 Å². The molecule has 1 saturated heterocycles. The molecule has 0 aromatic rings. The van der Waals surface area contributed by atoms with Gasteiger partial charge in [0, 0.05) is 25.0 Å². The Morgan fingerprint density at radius 3 is 2.42 bits per heavy atom. The Bertz CT molecular complexity index is 321. The number of carbonyl (C=O) groups excluding carboxylic acids is 1. The maximum absolute atomic E-state index is 12.5. The van der Waals surface area contributed by atoms with Gasteiger partial charge in [0.2, 0.25) is 5.91 Å². The molecule has 3 heteroatoms. The van der Waals surface area contributed by atoms with Gasteiger partial charge < -0.3 is 10.6 Å². The Labute approximate surface area is 117 Å². The molecule has 0 aromatic heterocycles. The van der Waals surface area contributed by atoms with Crippen LogP contribution in [0.5, 0.6) is 0 Å². The standard InChI is InChI=1S/C16H30N2O/c1-16(2,3)13-5-4-9-18(10-8-13)15(19)12-6-7-14(17)11-12/h12-14H,4-11,17H2,1-3H3. The smallest absolute Gasteiger partial charge is 0.225 e. The number of amides is 1. The minimum Gasteiger partial charge on any atom is -0.342 e. The van der Waals surface area contributed by atoms with Crippen LogP contribution in [0.4, 0.5) is 0 Å². The number of likely N-dealkylation sites (tertiary alicyclic amines) is 1. The minimum atomic E-state index is 0.209. The highest BCUT2D eigenvalue weighted by molar-refractivity contribution is 5.79. The molecule has 1 aliphatic carbocycles. The van der Waals surface area contributed by atoms with Crippen molar-refractivity contribution >= 4 is 5.91 Å². The molecule has 1 saturated carbocycles. The quantitative estimate of drug-likeness (QED) is 0.793. The van der Waals surface area contributed by atoms with Gasteiger partial charge in [-0.05, 0) is 49.9 Å². The molecular formula is C16H30N2O. The summed E-state index contributed by atoms with van der Waals surface area (Å²) >= 11 is 0. The van der Waals surface area contributed by atoms with Gasteiger partial charge in [-0.15, -0.1) is 0 Å². The third-order valence-corrected chi connectivity index (χ3v) is 5.09. The van der Waals surface area contributed by atoms with Gasteiger partial charge >= 0.3 is 0 Å². The van der Waals surface area contributed by atoms with Gasteiger partial charge in [-0.1, -0.05) is 20.8 Å². The molecule has 19 heavy (non-hydrogen) atoms. The first kappa shape index (κ1) is 14.8. The highest BCUT2D eigenvalue weighted by Gasteiger charge is 2.33. The second-order valence-corrected chi connectivity index (χ2v) is 7.59. The summed E-state index contributed by atoms with van der Waals surface area (Å²) in [4.78, 5) is 14.6. The third-order valence-electron chi connectivity index (χ3n) is 5.09. The molecule has 1 amide bonds. The molecule has 3 unspecified atom stereocenters. The number of rotatable bonds is 1. The molecule has 1 aliphatic heterocycles. The van der Waals surface area contributed by atoms with E-state index < -0.39 is 0 Å². The highest BCUT2D eigenvalue weighted by atomic mass is 16.2. The van der Waals surface area contributed by atoms with Gasteiger partial charge in [0.05, 0.1) is 0 Å². The van der Waals surface area contributed by atoms with Crippen LogP contribution in [0.2, 0.25) is 0 Å². The van der Waals surface area contributed by atoms with Crippen LogP contribution in [0.1, 0.15) is 59.3 Å². The second kappa shape index (κ2) is 5.82. The Hall–Kier alpha value is -0.570. The molecule has 2 fully saturated rings. The van der Waals surface area contributed by atoms with Gasteiger partial charge in [0.25, 0.3) is 0 Å². The van der Waals surface area contributed by atoms with Gasteiger partial charge in [-0.3, -0.25) is 4.79 Å². The summed E-state index contributed by atoms with van der Waals surface area (Å²) in [5.74, 6) is 1.33. The van der Waals surface area contributed by atoms with Crippen molar-refractivity contribution < 1.29 is 4.79 Å². The molecule has 3 nitrogen and oxygen atoms in total. The summed E-state index contributed by atoms with van der Waals surface area (Å²) in [5.41, 5.74) is 6.30. The van der Waals surface area contributed by atoms with Crippen LogP contribution in [-0.2, 0) is 4.79 Å². The fraction of sp³-hybridized carbons (Fsp3) is 0.938. The number of nitrogens with two attached hydrogens (primary N) is 1. The lowest BCUT2D eigenvalue weighted by Gasteiger charge is -2.30. The Morgan fingerprint density at radius 2 is 1.84 bits per heavy atom. The predicted molar refractivity (Wildman–Crippen MR) is 78.7 cm³/mol. The molecule has 0 bridgehead atoms. The van der Waals surface area contributed by atoms with Crippen LogP contribution in [-0.4, -0.2) is 29.9 Å². The van der Waals surface area contributed by atoms with E-state index in [0.29, 0.717) is 11.3 Å². The van der Waals surface area contributed by atoms with Crippen molar-refractivity contribution in [2.75, 3.05) is 13.1 Å². The van der Waals surface area contributed by atoms with Gasteiger partial charge in [0.1, 0.15) is 0 Å². The first-order chi connectivity index (χ1) is 8.88. The summed E-state index contributed by atoms with van der Waals surface area (Å²) in [5, 5.41) is 0. The van der Waals surface area contributed by atoms with Gasteiger partial charge in [-0.2, -0.15) is 0 Å². The number of hydrogen-bond donors (Lipinski definition) is 1. The zero-order valence-electron chi connectivity index (χ0n) is 12.8. The molecule has 3 atom stereocenters. The highest BCUT2D eigenvalue weighted by Crippen LogP contribution is 2.35. The molecule has 2 aliphatic rings. The average molecular weight is 266 g/mol. The molecule has 2 N–H and O–H groups in total. The van der Waals surface area contributed by atoms with E-state index in [2.05, 4.69) is 25.7 Å².